The maximum atomic E-state index is 11.6. The van der Waals surface area contributed by atoms with Gasteiger partial charge in [0.15, 0.2) is 0 Å². The van der Waals surface area contributed by atoms with Crippen LogP contribution in [0, 0.1) is 0 Å². The lowest BCUT2D eigenvalue weighted by molar-refractivity contribution is 0.0955. The largest absolute Gasteiger partial charge is 0.354 e. The molecule has 6 nitrogen and oxygen atoms in total. The van der Waals surface area contributed by atoms with Gasteiger partial charge in [0, 0.05) is 32.5 Å². The Labute approximate surface area is 140 Å². The van der Waals surface area contributed by atoms with Gasteiger partial charge >= 0.3 is 0 Å². The van der Waals surface area contributed by atoms with Gasteiger partial charge in [0.05, 0.1) is 16.8 Å². The van der Waals surface area contributed by atoms with E-state index in [9.17, 15) is 4.79 Å². The first kappa shape index (κ1) is 16.0. The molecule has 0 aliphatic carbocycles. The van der Waals surface area contributed by atoms with Crippen LogP contribution in [0.15, 0.2) is 30.6 Å². The lowest BCUT2D eigenvalue weighted by atomic mass is 10.1. The molecule has 0 saturated carbocycles. The normalized spacial score (nSPS) is 18.8. The van der Waals surface area contributed by atoms with Crippen molar-refractivity contribution in [2.45, 2.75) is 25.4 Å². The monoisotopic (exact) mass is 333 g/mol. The molecule has 122 valence electrons. The third-order valence-corrected chi connectivity index (χ3v) is 4.47. The molecule has 1 aliphatic heterocycles. The van der Waals surface area contributed by atoms with E-state index in [1.807, 2.05) is 23.0 Å². The van der Waals surface area contributed by atoms with Crippen molar-refractivity contribution in [1.82, 2.24) is 25.0 Å². The van der Waals surface area contributed by atoms with Gasteiger partial charge in [-0.05, 0) is 37.6 Å². The highest BCUT2D eigenvalue weighted by Crippen LogP contribution is 2.23. The molecule has 2 aromatic heterocycles. The number of pyridine rings is 1. The van der Waals surface area contributed by atoms with Crippen molar-refractivity contribution < 1.29 is 4.79 Å². The lowest BCUT2D eigenvalue weighted by Crippen LogP contribution is -2.36. The molecule has 7 heteroatoms. The average molecular weight is 334 g/mol. The standard InChI is InChI=1S/C16H20ClN5O/c1-18-16(23)14-6-9-22(20-14)12-4-3-8-21(10-12)11-15-13(17)5-2-7-19-15/h2,5-7,9,12H,3-4,8,10-11H2,1H3,(H,18,23). The predicted octanol–water partition coefficient (Wildman–Crippen LogP) is 2.13. The van der Waals surface area contributed by atoms with Gasteiger partial charge in [0.1, 0.15) is 5.69 Å². The Hall–Kier alpha value is -1.92. The number of rotatable bonds is 4. The third kappa shape index (κ3) is 3.71. The van der Waals surface area contributed by atoms with Crippen LogP contribution in [0.5, 0.6) is 0 Å². The number of aromatic nitrogens is 3. The summed E-state index contributed by atoms with van der Waals surface area (Å²) in [4.78, 5) is 18.3. The molecule has 0 spiro atoms. The number of amides is 1. The molecule has 3 heterocycles. The summed E-state index contributed by atoms with van der Waals surface area (Å²) in [7, 11) is 1.61. The first-order chi connectivity index (χ1) is 11.2. The molecule has 1 unspecified atom stereocenters. The van der Waals surface area contributed by atoms with Crippen LogP contribution in [0.25, 0.3) is 0 Å². The zero-order valence-electron chi connectivity index (χ0n) is 13.1. The smallest absolute Gasteiger partial charge is 0.271 e. The molecule has 1 atom stereocenters. The highest BCUT2D eigenvalue weighted by molar-refractivity contribution is 6.31. The van der Waals surface area contributed by atoms with Gasteiger partial charge in [-0.2, -0.15) is 5.10 Å². The van der Waals surface area contributed by atoms with Gasteiger partial charge in [-0.15, -0.1) is 0 Å². The number of piperidine rings is 1. The van der Waals surface area contributed by atoms with E-state index in [1.54, 1.807) is 19.3 Å². The van der Waals surface area contributed by atoms with Crippen LogP contribution in [-0.2, 0) is 6.54 Å². The van der Waals surface area contributed by atoms with Crippen LogP contribution in [-0.4, -0.2) is 45.7 Å². The summed E-state index contributed by atoms with van der Waals surface area (Å²) in [5.74, 6) is -0.156. The Balaban J connectivity index is 1.67. The van der Waals surface area contributed by atoms with Crippen LogP contribution in [0.1, 0.15) is 35.1 Å². The van der Waals surface area contributed by atoms with Crippen molar-refractivity contribution in [2.24, 2.45) is 0 Å². The number of nitrogens with one attached hydrogen (secondary N) is 1. The molecule has 1 fully saturated rings. The average Bonchev–Trinajstić information content (AvgIpc) is 3.07. The minimum atomic E-state index is -0.156. The maximum Gasteiger partial charge on any atom is 0.271 e. The van der Waals surface area contributed by atoms with Gasteiger partial charge in [-0.25, -0.2) is 0 Å². The second-order valence-electron chi connectivity index (χ2n) is 5.72. The van der Waals surface area contributed by atoms with Crippen molar-refractivity contribution in [3.63, 3.8) is 0 Å². The number of hydrogen-bond donors (Lipinski definition) is 1. The maximum absolute atomic E-state index is 11.6. The summed E-state index contributed by atoms with van der Waals surface area (Å²) in [6.07, 6.45) is 5.80. The number of nitrogens with zero attached hydrogens (tertiary/aromatic N) is 4. The number of carbonyl (C=O) groups excluding carboxylic acids is 1. The van der Waals surface area contributed by atoms with Crippen molar-refractivity contribution in [3.8, 4) is 0 Å². The molecular weight excluding hydrogens is 314 g/mol. The highest BCUT2D eigenvalue weighted by Gasteiger charge is 2.23. The fraction of sp³-hybridized carbons (Fsp3) is 0.438. The zero-order valence-corrected chi connectivity index (χ0v) is 13.8. The van der Waals surface area contributed by atoms with E-state index in [4.69, 9.17) is 11.6 Å². The third-order valence-electron chi connectivity index (χ3n) is 4.13. The van der Waals surface area contributed by atoms with Crippen LogP contribution < -0.4 is 5.32 Å². The molecule has 0 aromatic carbocycles. The van der Waals surface area contributed by atoms with Gasteiger partial charge < -0.3 is 5.32 Å². The summed E-state index contributed by atoms with van der Waals surface area (Å²) in [6.45, 7) is 2.63. The molecule has 0 bridgehead atoms. The summed E-state index contributed by atoms with van der Waals surface area (Å²) in [5.41, 5.74) is 1.36. The fourth-order valence-corrected chi connectivity index (χ4v) is 3.11. The van der Waals surface area contributed by atoms with Crippen LogP contribution in [0.3, 0.4) is 0 Å². The summed E-state index contributed by atoms with van der Waals surface area (Å²) >= 11 is 6.20. The summed E-state index contributed by atoms with van der Waals surface area (Å²) in [5, 5.41) is 7.70. The summed E-state index contributed by atoms with van der Waals surface area (Å²) in [6, 6.07) is 5.74. The molecule has 1 aliphatic rings. The van der Waals surface area contributed by atoms with Crippen LogP contribution in [0.4, 0.5) is 0 Å². The van der Waals surface area contributed by atoms with E-state index < -0.39 is 0 Å². The van der Waals surface area contributed by atoms with E-state index in [0.29, 0.717) is 10.7 Å². The Morgan fingerprint density at radius 1 is 1.48 bits per heavy atom. The second kappa shape index (κ2) is 7.10. The number of hydrogen-bond acceptors (Lipinski definition) is 4. The Bertz CT molecular complexity index is 687. The molecule has 1 N–H and O–H groups in total. The lowest BCUT2D eigenvalue weighted by Gasteiger charge is -2.32. The van der Waals surface area contributed by atoms with Gasteiger partial charge in [-0.1, -0.05) is 11.6 Å². The zero-order chi connectivity index (χ0) is 16.2. The summed E-state index contributed by atoms with van der Waals surface area (Å²) < 4.78 is 1.90. The van der Waals surface area contributed by atoms with E-state index in [0.717, 1.165) is 38.2 Å². The number of likely N-dealkylation sites (tertiary alicyclic amines) is 1. The number of carbonyl (C=O) groups is 1. The van der Waals surface area contributed by atoms with Crippen molar-refractivity contribution in [3.05, 3.63) is 47.0 Å². The number of halogens is 1. The van der Waals surface area contributed by atoms with Crippen molar-refractivity contribution in [1.29, 1.82) is 0 Å². The molecule has 23 heavy (non-hydrogen) atoms. The first-order valence-electron chi connectivity index (χ1n) is 7.76. The molecule has 1 amide bonds. The Morgan fingerprint density at radius 2 is 2.35 bits per heavy atom. The topological polar surface area (TPSA) is 63.1 Å². The van der Waals surface area contributed by atoms with Crippen LogP contribution >= 0.6 is 11.6 Å². The van der Waals surface area contributed by atoms with Gasteiger partial charge in [0.2, 0.25) is 0 Å². The second-order valence-corrected chi connectivity index (χ2v) is 6.13. The minimum Gasteiger partial charge on any atom is -0.354 e. The molecule has 3 rings (SSSR count). The van der Waals surface area contributed by atoms with E-state index in [-0.39, 0.29) is 11.9 Å². The first-order valence-corrected chi connectivity index (χ1v) is 8.14. The molecule has 0 radical (unpaired) electrons. The quantitative estimate of drug-likeness (QED) is 0.931. The van der Waals surface area contributed by atoms with E-state index >= 15 is 0 Å². The Morgan fingerprint density at radius 3 is 3.13 bits per heavy atom. The SMILES string of the molecule is CNC(=O)c1ccn(C2CCCN(Cc3ncccc3Cl)C2)n1. The van der Waals surface area contributed by atoms with Crippen LogP contribution in [0.2, 0.25) is 5.02 Å². The van der Waals surface area contributed by atoms with Gasteiger partial charge in [0.25, 0.3) is 5.91 Å². The van der Waals surface area contributed by atoms with E-state index in [1.165, 1.54) is 0 Å². The van der Waals surface area contributed by atoms with Gasteiger partial charge in [-0.3, -0.25) is 19.4 Å². The molecule has 2 aromatic rings. The molecule has 1 saturated heterocycles. The Kier molecular flexibility index (Phi) is 4.93. The predicted molar refractivity (Wildman–Crippen MR) is 88.4 cm³/mol. The fourth-order valence-electron chi connectivity index (χ4n) is 2.93. The molecular formula is C16H20ClN5O. The van der Waals surface area contributed by atoms with Crippen molar-refractivity contribution >= 4 is 17.5 Å². The highest BCUT2D eigenvalue weighted by atomic mass is 35.5. The van der Waals surface area contributed by atoms with Crippen molar-refractivity contribution in [2.75, 3.05) is 20.1 Å². The van der Waals surface area contributed by atoms with E-state index in [2.05, 4.69) is 20.3 Å². The minimum absolute atomic E-state index is 0.156.